The van der Waals surface area contributed by atoms with E-state index in [4.69, 9.17) is 9.15 Å². The van der Waals surface area contributed by atoms with Crippen LogP contribution in [0.5, 0.6) is 0 Å². The summed E-state index contributed by atoms with van der Waals surface area (Å²) in [6.45, 7) is 5.51. The van der Waals surface area contributed by atoms with Gasteiger partial charge in [-0.15, -0.1) is 11.3 Å². The molecule has 124 valence electrons. The molecule has 1 saturated heterocycles. The van der Waals surface area contributed by atoms with Gasteiger partial charge in [-0.2, -0.15) is 0 Å². The Balaban J connectivity index is 1.70. The van der Waals surface area contributed by atoms with Gasteiger partial charge in [0.25, 0.3) is 0 Å². The summed E-state index contributed by atoms with van der Waals surface area (Å²) in [5.74, 6) is 1.58. The van der Waals surface area contributed by atoms with E-state index < -0.39 is 0 Å². The molecule has 0 spiro atoms. The number of carbonyl (C=O) groups is 1. The van der Waals surface area contributed by atoms with Gasteiger partial charge in [-0.3, -0.25) is 5.32 Å². The number of amides is 2. The molecule has 7 heteroatoms. The van der Waals surface area contributed by atoms with Gasteiger partial charge >= 0.3 is 6.03 Å². The highest BCUT2D eigenvalue weighted by Gasteiger charge is 2.31. The number of aryl methyl sites for hydroxylation is 2. The molecule has 3 heterocycles. The van der Waals surface area contributed by atoms with Gasteiger partial charge in [-0.05, 0) is 25.5 Å². The molecule has 3 rings (SSSR count). The topological polar surface area (TPSA) is 67.6 Å². The average Bonchev–Trinajstić information content (AvgIpc) is 3.17. The molecular formula is C16H21N3O3S. The minimum Gasteiger partial charge on any atom is -0.464 e. The first-order valence-electron chi connectivity index (χ1n) is 7.83. The zero-order valence-electron chi connectivity index (χ0n) is 13.4. The lowest BCUT2D eigenvalue weighted by atomic mass is 10.2. The molecule has 0 bridgehead atoms. The number of urea groups is 1. The van der Waals surface area contributed by atoms with Gasteiger partial charge in [0.05, 0.1) is 18.9 Å². The molecule has 1 unspecified atom stereocenters. The van der Waals surface area contributed by atoms with Crippen molar-refractivity contribution in [1.29, 1.82) is 0 Å². The van der Waals surface area contributed by atoms with Gasteiger partial charge in [0.1, 0.15) is 17.6 Å². The average molecular weight is 335 g/mol. The van der Waals surface area contributed by atoms with E-state index in [1.165, 1.54) is 11.3 Å². The van der Waals surface area contributed by atoms with Gasteiger partial charge in [-0.1, -0.05) is 13.3 Å². The van der Waals surface area contributed by atoms with Crippen LogP contribution in [0.3, 0.4) is 0 Å². The van der Waals surface area contributed by atoms with Crippen LogP contribution in [0.15, 0.2) is 21.9 Å². The van der Waals surface area contributed by atoms with Crippen LogP contribution in [-0.4, -0.2) is 35.7 Å². The lowest BCUT2D eigenvalue weighted by Crippen LogP contribution is -2.45. The van der Waals surface area contributed by atoms with E-state index in [0.717, 1.165) is 30.1 Å². The van der Waals surface area contributed by atoms with E-state index in [1.807, 2.05) is 24.4 Å². The Morgan fingerprint density at radius 2 is 2.39 bits per heavy atom. The summed E-state index contributed by atoms with van der Waals surface area (Å²) in [5, 5.41) is 5.52. The fraction of sp³-hybridized carbons (Fsp3) is 0.500. The number of morpholine rings is 1. The predicted molar refractivity (Wildman–Crippen MR) is 88.8 cm³/mol. The Hall–Kier alpha value is -1.86. The summed E-state index contributed by atoms with van der Waals surface area (Å²) in [5.41, 5.74) is 1.02. The smallest absolute Gasteiger partial charge is 0.324 e. The molecule has 2 amide bonds. The largest absolute Gasteiger partial charge is 0.464 e. The number of carbonyl (C=O) groups excluding carboxylic acids is 1. The Bertz CT molecular complexity index is 667. The van der Waals surface area contributed by atoms with Crippen LogP contribution in [0.25, 0.3) is 0 Å². The minimum atomic E-state index is -0.201. The first-order valence-corrected chi connectivity index (χ1v) is 8.71. The highest BCUT2D eigenvalue weighted by molar-refractivity contribution is 7.13. The summed E-state index contributed by atoms with van der Waals surface area (Å²) in [6, 6.07) is 3.44. The van der Waals surface area contributed by atoms with Crippen molar-refractivity contribution in [3.05, 3.63) is 34.7 Å². The summed E-state index contributed by atoms with van der Waals surface area (Å²) >= 11 is 1.46. The van der Waals surface area contributed by atoms with Crippen molar-refractivity contribution in [2.45, 2.75) is 32.7 Å². The lowest BCUT2D eigenvalue weighted by molar-refractivity contribution is 0.00710. The fourth-order valence-corrected chi connectivity index (χ4v) is 3.35. The molecule has 1 aliphatic rings. The van der Waals surface area contributed by atoms with E-state index >= 15 is 0 Å². The van der Waals surface area contributed by atoms with Crippen molar-refractivity contribution < 1.29 is 13.9 Å². The van der Waals surface area contributed by atoms with Crippen molar-refractivity contribution in [2.24, 2.45) is 0 Å². The molecule has 6 nitrogen and oxygen atoms in total. The Morgan fingerprint density at radius 1 is 1.52 bits per heavy atom. The number of nitrogens with zero attached hydrogens (tertiary/aromatic N) is 2. The predicted octanol–water partition coefficient (Wildman–Crippen LogP) is 3.60. The summed E-state index contributed by atoms with van der Waals surface area (Å²) in [7, 11) is 0. The maximum atomic E-state index is 12.6. The molecule has 2 aromatic heterocycles. The third kappa shape index (κ3) is 3.73. The second-order valence-corrected chi connectivity index (χ2v) is 6.41. The number of aromatic nitrogens is 1. The third-order valence-electron chi connectivity index (χ3n) is 3.75. The maximum Gasteiger partial charge on any atom is 0.324 e. The number of hydrogen-bond donors (Lipinski definition) is 1. The van der Waals surface area contributed by atoms with Crippen molar-refractivity contribution in [1.82, 2.24) is 9.88 Å². The van der Waals surface area contributed by atoms with Crippen molar-refractivity contribution >= 4 is 22.5 Å². The standard InChI is InChI=1S/C16H21N3O3S/c1-3-4-12-10-23-15(17-12)18-16(20)19-7-8-21-9-13(19)14-6-5-11(2)22-14/h5-6,10,13H,3-4,7-9H2,1-2H3,(H,17,18,20). The number of anilines is 1. The first kappa shape index (κ1) is 16.0. The SMILES string of the molecule is CCCc1csc(NC(=O)N2CCOCC2c2ccc(C)o2)n1. The third-order valence-corrected chi connectivity index (χ3v) is 4.56. The summed E-state index contributed by atoms with van der Waals surface area (Å²) < 4.78 is 11.2. The number of ether oxygens (including phenoxy) is 1. The number of rotatable bonds is 4. The van der Waals surface area contributed by atoms with Gasteiger partial charge < -0.3 is 14.1 Å². The van der Waals surface area contributed by atoms with E-state index in [-0.39, 0.29) is 12.1 Å². The monoisotopic (exact) mass is 335 g/mol. The van der Waals surface area contributed by atoms with E-state index in [2.05, 4.69) is 17.2 Å². The highest BCUT2D eigenvalue weighted by atomic mass is 32.1. The normalized spacial score (nSPS) is 18.2. The quantitative estimate of drug-likeness (QED) is 0.927. The molecule has 0 saturated carbocycles. The summed E-state index contributed by atoms with van der Waals surface area (Å²) in [6.07, 6.45) is 1.97. The molecule has 0 aliphatic carbocycles. The van der Waals surface area contributed by atoms with Crippen LogP contribution in [0.2, 0.25) is 0 Å². The highest BCUT2D eigenvalue weighted by Crippen LogP contribution is 2.27. The van der Waals surface area contributed by atoms with Crippen molar-refractivity contribution in [3.8, 4) is 0 Å². The van der Waals surface area contributed by atoms with Crippen LogP contribution >= 0.6 is 11.3 Å². The second kappa shape index (κ2) is 7.14. The second-order valence-electron chi connectivity index (χ2n) is 5.56. The number of thiazole rings is 1. The lowest BCUT2D eigenvalue weighted by Gasteiger charge is -2.34. The molecule has 23 heavy (non-hydrogen) atoms. The molecule has 1 atom stereocenters. The Morgan fingerprint density at radius 3 is 3.13 bits per heavy atom. The van der Waals surface area contributed by atoms with Crippen molar-refractivity contribution in [2.75, 3.05) is 25.1 Å². The fourth-order valence-electron chi connectivity index (χ4n) is 2.61. The minimum absolute atomic E-state index is 0.162. The van der Waals surface area contributed by atoms with E-state index in [1.54, 1.807) is 4.90 Å². The Labute approximate surface area is 139 Å². The molecule has 0 radical (unpaired) electrons. The number of nitrogens with one attached hydrogen (secondary N) is 1. The summed E-state index contributed by atoms with van der Waals surface area (Å²) in [4.78, 5) is 18.8. The van der Waals surface area contributed by atoms with Gasteiger partial charge in [0.15, 0.2) is 5.13 Å². The van der Waals surface area contributed by atoms with Crippen LogP contribution < -0.4 is 5.32 Å². The molecule has 1 fully saturated rings. The van der Waals surface area contributed by atoms with Gasteiger partial charge in [0, 0.05) is 11.9 Å². The zero-order chi connectivity index (χ0) is 16.2. The zero-order valence-corrected chi connectivity index (χ0v) is 14.2. The van der Waals surface area contributed by atoms with Crippen molar-refractivity contribution in [3.63, 3.8) is 0 Å². The van der Waals surface area contributed by atoms with Crippen LogP contribution in [0.1, 0.15) is 36.6 Å². The Kier molecular flexibility index (Phi) is 4.97. The molecular weight excluding hydrogens is 314 g/mol. The van der Waals surface area contributed by atoms with Crippen LogP contribution in [-0.2, 0) is 11.2 Å². The van der Waals surface area contributed by atoms with Gasteiger partial charge in [0.2, 0.25) is 0 Å². The molecule has 2 aromatic rings. The molecule has 1 N–H and O–H groups in total. The first-order chi connectivity index (χ1) is 11.2. The van der Waals surface area contributed by atoms with E-state index in [0.29, 0.717) is 24.9 Å². The van der Waals surface area contributed by atoms with Crippen LogP contribution in [0.4, 0.5) is 9.93 Å². The maximum absolute atomic E-state index is 12.6. The number of hydrogen-bond acceptors (Lipinski definition) is 5. The van der Waals surface area contributed by atoms with Gasteiger partial charge in [-0.25, -0.2) is 9.78 Å². The van der Waals surface area contributed by atoms with Crippen LogP contribution in [0, 0.1) is 6.92 Å². The molecule has 0 aromatic carbocycles. The number of furan rings is 1. The molecule has 1 aliphatic heterocycles. The van der Waals surface area contributed by atoms with E-state index in [9.17, 15) is 4.79 Å².